The van der Waals surface area contributed by atoms with Gasteiger partial charge in [0.05, 0.1) is 6.04 Å². The molecule has 6 nitrogen and oxygen atoms in total. The number of aliphatic carboxylic acids is 1. The minimum absolute atomic E-state index is 0.0313. The molecule has 2 amide bonds. The maximum absolute atomic E-state index is 13.5. The summed E-state index contributed by atoms with van der Waals surface area (Å²) in [5.41, 5.74) is -0.271. The molecule has 0 saturated heterocycles. The first-order valence-corrected chi connectivity index (χ1v) is 11.2. The summed E-state index contributed by atoms with van der Waals surface area (Å²) >= 11 is 0. The van der Waals surface area contributed by atoms with E-state index in [0.717, 1.165) is 19.3 Å². The Bertz CT molecular complexity index is 663. The Kier molecular flexibility index (Phi) is 9.12. The van der Waals surface area contributed by atoms with E-state index < -0.39 is 17.4 Å². The number of likely N-dealkylation sites (N-methyl/N-ethyl adjacent to an activating group) is 1. The van der Waals surface area contributed by atoms with Crippen molar-refractivity contribution >= 4 is 17.8 Å². The molecule has 0 radical (unpaired) electrons. The van der Waals surface area contributed by atoms with Crippen molar-refractivity contribution in [2.24, 2.45) is 29.1 Å². The van der Waals surface area contributed by atoms with Crippen molar-refractivity contribution in [1.29, 1.82) is 0 Å². The van der Waals surface area contributed by atoms with Crippen LogP contribution in [-0.2, 0) is 14.4 Å². The van der Waals surface area contributed by atoms with Crippen molar-refractivity contribution in [2.45, 2.75) is 86.7 Å². The maximum Gasteiger partial charge on any atom is 0.331 e. The van der Waals surface area contributed by atoms with Crippen LogP contribution in [0.2, 0.25) is 0 Å². The largest absolute Gasteiger partial charge is 0.478 e. The third-order valence-electron chi connectivity index (χ3n) is 6.68. The first kappa shape index (κ1) is 26.2. The van der Waals surface area contributed by atoms with Gasteiger partial charge in [0.15, 0.2) is 0 Å². The van der Waals surface area contributed by atoms with Gasteiger partial charge in [0.25, 0.3) is 0 Å². The monoisotopic (exact) mass is 422 g/mol. The van der Waals surface area contributed by atoms with Crippen molar-refractivity contribution in [3.63, 3.8) is 0 Å². The lowest BCUT2D eigenvalue weighted by Crippen LogP contribution is -2.57. The highest BCUT2D eigenvalue weighted by molar-refractivity contribution is 5.90. The Balaban J connectivity index is 3.12. The number of carboxylic acid groups (broad SMARTS) is 1. The molecular weight excluding hydrogens is 380 g/mol. The summed E-state index contributed by atoms with van der Waals surface area (Å²) in [7, 11) is 1.69. The number of amides is 2. The summed E-state index contributed by atoms with van der Waals surface area (Å²) < 4.78 is 0. The predicted molar refractivity (Wildman–Crippen MR) is 120 cm³/mol. The van der Waals surface area contributed by atoms with Crippen LogP contribution < -0.4 is 5.32 Å². The molecule has 1 fully saturated rings. The van der Waals surface area contributed by atoms with E-state index in [1.54, 1.807) is 18.0 Å². The normalized spacial score (nSPS) is 24.9. The Labute approximate surface area is 182 Å². The zero-order valence-corrected chi connectivity index (χ0v) is 20.3. The molecule has 1 rings (SSSR count). The standard InChI is InChI=1S/C24H42N2O4/c1-14(2)19(13-16(4)23(29)30)26(9)22(28)20(24(6,7)8)25-21(27)18-12-10-11-15(3)17(18)5/h13-15,17-20H,10-12H2,1-9H3,(H,25,27)(H,29,30)/t15?,17?,18?,19-,20-/m1/s1. The number of nitrogens with zero attached hydrogens (tertiary/aromatic N) is 1. The van der Waals surface area contributed by atoms with Crippen LogP contribution in [0.4, 0.5) is 0 Å². The molecule has 0 bridgehead atoms. The number of hydrogen-bond acceptors (Lipinski definition) is 3. The van der Waals surface area contributed by atoms with Crippen LogP contribution in [0.5, 0.6) is 0 Å². The van der Waals surface area contributed by atoms with Gasteiger partial charge in [-0.05, 0) is 36.5 Å². The molecule has 0 aromatic carbocycles. The third-order valence-corrected chi connectivity index (χ3v) is 6.68. The second-order valence-electron chi connectivity index (χ2n) is 10.5. The van der Waals surface area contributed by atoms with E-state index in [0.29, 0.717) is 5.92 Å². The van der Waals surface area contributed by atoms with Crippen LogP contribution in [0, 0.1) is 29.1 Å². The van der Waals surface area contributed by atoms with Crippen LogP contribution in [0.3, 0.4) is 0 Å². The topological polar surface area (TPSA) is 86.7 Å². The van der Waals surface area contributed by atoms with Gasteiger partial charge in [-0.15, -0.1) is 0 Å². The minimum atomic E-state index is -0.998. The first-order chi connectivity index (χ1) is 13.7. The second-order valence-corrected chi connectivity index (χ2v) is 10.5. The van der Waals surface area contributed by atoms with E-state index in [-0.39, 0.29) is 41.2 Å². The van der Waals surface area contributed by atoms with Gasteiger partial charge in [0.2, 0.25) is 11.8 Å². The molecule has 5 atom stereocenters. The highest BCUT2D eigenvalue weighted by atomic mass is 16.4. The molecule has 0 aliphatic heterocycles. The molecule has 1 saturated carbocycles. The van der Waals surface area contributed by atoms with Crippen molar-refractivity contribution in [1.82, 2.24) is 10.2 Å². The van der Waals surface area contributed by atoms with Crippen LogP contribution in [0.25, 0.3) is 0 Å². The van der Waals surface area contributed by atoms with E-state index in [1.165, 1.54) is 6.92 Å². The van der Waals surface area contributed by atoms with Crippen LogP contribution >= 0.6 is 0 Å². The number of hydrogen-bond donors (Lipinski definition) is 2. The zero-order valence-electron chi connectivity index (χ0n) is 20.3. The van der Waals surface area contributed by atoms with Crippen molar-refractivity contribution in [2.75, 3.05) is 7.05 Å². The van der Waals surface area contributed by atoms with E-state index in [9.17, 15) is 19.5 Å². The van der Waals surface area contributed by atoms with Gasteiger partial charge in [-0.1, -0.05) is 67.4 Å². The summed E-state index contributed by atoms with van der Waals surface area (Å²) in [6.07, 6.45) is 4.65. The van der Waals surface area contributed by atoms with Crippen molar-refractivity contribution < 1.29 is 19.5 Å². The van der Waals surface area contributed by atoms with Gasteiger partial charge in [-0.3, -0.25) is 9.59 Å². The molecule has 30 heavy (non-hydrogen) atoms. The van der Waals surface area contributed by atoms with Gasteiger partial charge >= 0.3 is 5.97 Å². The van der Waals surface area contributed by atoms with E-state index >= 15 is 0 Å². The second kappa shape index (κ2) is 10.5. The minimum Gasteiger partial charge on any atom is -0.478 e. The molecule has 0 aromatic rings. The third kappa shape index (κ3) is 6.58. The molecule has 0 spiro atoms. The average Bonchev–Trinajstić information content (AvgIpc) is 2.63. The van der Waals surface area contributed by atoms with Gasteiger partial charge < -0.3 is 15.3 Å². The molecule has 3 unspecified atom stereocenters. The van der Waals surface area contributed by atoms with E-state index in [1.807, 2.05) is 34.6 Å². The van der Waals surface area contributed by atoms with Gasteiger partial charge in [0.1, 0.15) is 6.04 Å². The molecule has 0 heterocycles. The number of carbonyl (C=O) groups is 3. The average molecular weight is 423 g/mol. The molecule has 0 aromatic heterocycles. The summed E-state index contributed by atoms with van der Waals surface area (Å²) in [5, 5.41) is 12.3. The van der Waals surface area contributed by atoms with E-state index in [4.69, 9.17) is 0 Å². The number of carboxylic acids is 1. The Morgan fingerprint density at radius 2 is 1.70 bits per heavy atom. The fraction of sp³-hybridized carbons (Fsp3) is 0.792. The van der Waals surface area contributed by atoms with Gasteiger partial charge in [-0.2, -0.15) is 0 Å². The Hall–Kier alpha value is -1.85. The van der Waals surface area contributed by atoms with Crippen LogP contribution in [0.15, 0.2) is 11.6 Å². The summed E-state index contributed by atoms with van der Waals surface area (Å²) in [6.45, 7) is 15.6. The van der Waals surface area contributed by atoms with Gasteiger partial charge in [0, 0.05) is 18.5 Å². The zero-order chi connectivity index (χ0) is 23.4. The fourth-order valence-electron chi connectivity index (χ4n) is 4.28. The SMILES string of the molecule is CC(=C[C@H](C(C)C)N(C)C(=O)[C@@H](NC(=O)C1CCCC(C)C1C)C(C)(C)C)C(=O)O. The highest BCUT2D eigenvalue weighted by Gasteiger charge is 2.40. The van der Waals surface area contributed by atoms with E-state index in [2.05, 4.69) is 19.2 Å². The fourth-order valence-corrected chi connectivity index (χ4v) is 4.28. The van der Waals surface area contributed by atoms with Crippen LogP contribution in [-0.4, -0.2) is 46.9 Å². The Morgan fingerprint density at radius 1 is 1.13 bits per heavy atom. The first-order valence-electron chi connectivity index (χ1n) is 11.2. The van der Waals surface area contributed by atoms with Crippen molar-refractivity contribution in [3.8, 4) is 0 Å². The van der Waals surface area contributed by atoms with Crippen molar-refractivity contribution in [3.05, 3.63) is 11.6 Å². The molecule has 6 heteroatoms. The maximum atomic E-state index is 13.5. The number of carbonyl (C=O) groups excluding carboxylic acids is 2. The lowest BCUT2D eigenvalue weighted by Gasteiger charge is -2.39. The number of rotatable bonds is 7. The molecule has 2 N–H and O–H groups in total. The smallest absolute Gasteiger partial charge is 0.331 e. The predicted octanol–water partition coefficient (Wildman–Crippen LogP) is 4.10. The van der Waals surface area contributed by atoms with Gasteiger partial charge in [-0.25, -0.2) is 4.79 Å². The lowest BCUT2D eigenvalue weighted by atomic mass is 9.73. The summed E-state index contributed by atoms with van der Waals surface area (Å²) in [5.74, 6) is -0.500. The Morgan fingerprint density at radius 3 is 2.17 bits per heavy atom. The quantitative estimate of drug-likeness (QED) is 0.605. The molecule has 1 aliphatic carbocycles. The highest BCUT2D eigenvalue weighted by Crippen LogP contribution is 2.35. The molecule has 172 valence electrons. The summed E-state index contributed by atoms with van der Waals surface area (Å²) in [4.78, 5) is 39.5. The molecule has 1 aliphatic rings. The molecular formula is C24H42N2O4. The van der Waals surface area contributed by atoms with Crippen LogP contribution in [0.1, 0.15) is 74.7 Å². The lowest BCUT2D eigenvalue weighted by molar-refractivity contribution is -0.142. The summed E-state index contributed by atoms with van der Waals surface area (Å²) in [6, 6.07) is -1.05. The number of nitrogens with one attached hydrogen (secondary N) is 1.